The Bertz CT molecular complexity index is 1500. The van der Waals surface area contributed by atoms with Gasteiger partial charge in [0, 0.05) is 12.2 Å². The molecule has 0 heterocycles. The Morgan fingerprint density at radius 3 is 1.84 bits per heavy atom. The van der Waals surface area contributed by atoms with Crippen molar-refractivity contribution in [3.05, 3.63) is 117 Å². The minimum atomic E-state index is -1.10. The second-order valence-corrected chi connectivity index (χ2v) is 10.2. The Hall–Kier alpha value is -3.89. The first-order chi connectivity index (χ1) is 18.2. The van der Waals surface area contributed by atoms with E-state index in [-0.39, 0.29) is 17.8 Å². The zero-order valence-corrected chi connectivity index (χ0v) is 22.9. The highest BCUT2D eigenvalue weighted by Crippen LogP contribution is 2.52. The van der Waals surface area contributed by atoms with Crippen LogP contribution in [0, 0.1) is 27.7 Å². The molecule has 0 saturated carbocycles. The van der Waals surface area contributed by atoms with Crippen molar-refractivity contribution in [1.29, 1.82) is 0 Å². The summed E-state index contributed by atoms with van der Waals surface area (Å²) in [4.78, 5) is 14.9. The van der Waals surface area contributed by atoms with Crippen molar-refractivity contribution in [2.24, 2.45) is 0 Å². The van der Waals surface area contributed by atoms with Crippen LogP contribution >= 0.6 is 0 Å². The molecule has 1 N–H and O–H groups in total. The van der Waals surface area contributed by atoms with Crippen LogP contribution in [0.1, 0.15) is 63.1 Å². The molecule has 0 fully saturated rings. The van der Waals surface area contributed by atoms with E-state index in [1.807, 2.05) is 90.1 Å². The number of ketones is 1. The molecular weight excluding hydrogens is 472 g/mol. The Morgan fingerprint density at radius 1 is 0.763 bits per heavy atom. The number of ether oxygens (including phenoxy) is 2. The van der Waals surface area contributed by atoms with Crippen molar-refractivity contribution in [2.75, 3.05) is 6.61 Å². The third kappa shape index (κ3) is 3.91. The monoisotopic (exact) mass is 506 g/mol. The van der Waals surface area contributed by atoms with Gasteiger partial charge in [0.25, 0.3) is 0 Å². The number of carbonyl (C=O) groups excluding carboxylic acids is 1. The van der Waals surface area contributed by atoms with Crippen molar-refractivity contribution in [3.8, 4) is 22.6 Å². The van der Waals surface area contributed by atoms with Crippen molar-refractivity contribution >= 4 is 5.78 Å². The van der Waals surface area contributed by atoms with Gasteiger partial charge in [-0.25, -0.2) is 0 Å². The molecule has 4 aromatic carbocycles. The SMILES string of the molecule is CCOC(C)Oc1c(C)cc(C2(c3cc(C)c(O)c(C)c3)C(=O)c3ccccc3-c3ccccc32)cc1C. The molecule has 5 rings (SSSR count). The van der Waals surface area contributed by atoms with E-state index in [1.54, 1.807) is 0 Å². The van der Waals surface area contributed by atoms with E-state index in [9.17, 15) is 9.90 Å². The lowest BCUT2D eigenvalue weighted by Crippen LogP contribution is -2.42. The molecule has 4 nitrogen and oxygen atoms in total. The number of Topliss-reactive ketones (excluding diaryl/α,β-unsaturated/α-hetero) is 1. The number of hydrogen-bond donors (Lipinski definition) is 1. The number of carbonyl (C=O) groups is 1. The molecule has 4 heteroatoms. The number of phenols is 1. The Labute approximate surface area is 224 Å². The minimum Gasteiger partial charge on any atom is -0.507 e. The third-order valence-corrected chi connectivity index (χ3v) is 7.64. The van der Waals surface area contributed by atoms with Gasteiger partial charge in [-0.05, 0) is 91.6 Å². The predicted octanol–water partition coefficient (Wildman–Crippen LogP) is 7.58. The fourth-order valence-electron chi connectivity index (χ4n) is 5.98. The van der Waals surface area contributed by atoms with Crippen molar-refractivity contribution < 1.29 is 19.4 Å². The minimum absolute atomic E-state index is 0.0199. The zero-order valence-electron chi connectivity index (χ0n) is 22.9. The fraction of sp³-hybridized carbons (Fsp3) is 0.265. The van der Waals surface area contributed by atoms with E-state index >= 15 is 0 Å². The Morgan fingerprint density at radius 2 is 1.26 bits per heavy atom. The molecule has 0 aromatic heterocycles. The van der Waals surface area contributed by atoms with Crippen LogP contribution in [0.25, 0.3) is 11.1 Å². The van der Waals surface area contributed by atoms with E-state index in [0.29, 0.717) is 12.2 Å². The summed E-state index contributed by atoms with van der Waals surface area (Å²) in [6, 6.07) is 24.1. The summed E-state index contributed by atoms with van der Waals surface area (Å²) in [6.45, 7) is 12.2. The van der Waals surface area contributed by atoms with Gasteiger partial charge >= 0.3 is 0 Å². The van der Waals surface area contributed by atoms with E-state index in [1.165, 1.54) is 0 Å². The van der Waals surface area contributed by atoms with E-state index in [2.05, 4.69) is 24.3 Å². The molecule has 2 unspecified atom stereocenters. The van der Waals surface area contributed by atoms with Crippen LogP contribution in [0.4, 0.5) is 0 Å². The van der Waals surface area contributed by atoms with Gasteiger partial charge in [-0.3, -0.25) is 4.79 Å². The van der Waals surface area contributed by atoms with Crippen LogP contribution in [-0.2, 0) is 10.2 Å². The van der Waals surface area contributed by atoms with Crippen LogP contribution < -0.4 is 4.74 Å². The molecule has 0 amide bonds. The first-order valence-electron chi connectivity index (χ1n) is 13.1. The molecule has 1 aliphatic rings. The average molecular weight is 507 g/mol. The van der Waals surface area contributed by atoms with Gasteiger partial charge in [-0.1, -0.05) is 72.8 Å². The summed E-state index contributed by atoms with van der Waals surface area (Å²) in [5.41, 5.74) is 7.55. The van der Waals surface area contributed by atoms with Gasteiger partial charge < -0.3 is 14.6 Å². The topological polar surface area (TPSA) is 55.8 Å². The Balaban J connectivity index is 1.86. The number of hydrogen-bond acceptors (Lipinski definition) is 4. The summed E-state index contributed by atoms with van der Waals surface area (Å²) in [6.07, 6.45) is -0.386. The summed E-state index contributed by atoms with van der Waals surface area (Å²) >= 11 is 0. The predicted molar refractivity (Wildman–Crippen MR) is 151 cm³/mol. The fourth-order valence-corrected chi connectivity index (χ4v) is 5.98. The van der Waals surface area contributed by atoms with Crippen LogP contribution in [0.3, 0.4) is 0 Å². The molecule has 0 bridgehead atoms. The standard InChI is InChI=1S/C34H34O4/c1-7-37-24(6)38-32-22(4)18-26(19-23(32)5)34(25-16-20(2)31(35)21(3)17-25)30-15-11-10-13-28(30)27-12-8-9-14-29(27)33(34)36/h8-19,24,35H,7H2,1-6H3. The van der Waals surface area contributed by atoms with Gasteiger partial charge in [-0.15, -0.1) is 0 Å². The molecule has 0 saturated heterocycles. The lowest BCUT2D eigenvalue weighted by molar-refractivity contribution is -0.0620. The molecule has 1 aliphatic carbocycles. The molecule has 4 aromatic rings. The first-order valence-corrected chi connectivity index (χ1v) is 13.1. The van der Waals surface area contributed by atoms with Crippen molar-refractivity contribution in [3.63, 3.8) is 0 Å². The molecule has 0 radical (unpaired) electrons. The smallest absolute Gasteiger partial charge is 0.196 e. The molecule has 194 valence electrons. The number of phenolic OH excluding ortho intramolecular Hbond substituents is 1. The van der Waals surface area contributed by atoms with Crippen LogP contribution in [0.15, 0.2) is 72.8 Å². The summed E-state index contributed by atoms with van der Waals surface area (Å²) in [5.74, 6) is 1.04. The largest absolute Gasteiger partial charge is 0.507 e. The van der Waals surface area contributed by atoms with Gasteiger partial charge in [0.2, 0.25) is 0 Å². The number of benzene rings is 4. The summed E-state index contributed by atoms with van der Waals surface area (Å²) in [7, 11) is 0. The number of rotatable bonds is 6. The quantitative estimate of drug-likeness (QED) is 0.274. The maximum Gasteiger partial charge on any atom is 0.196 e. The summed E-state index contributed by atoms with van der Waals surface area (Å²) in [5, 5.41) is 10.6. The second-order valence-electron chi connectivity index (χ2n) is 10.2. The highest BCUT2D eigenvalue weighted by Gasteiger charge is 2.49. The number of aromatic hydroxyl groups is 1. The van der Waals surface area contributed by atoms with Crippen LogP contribution in [0.5, 0.6) is 11.5 Å². The molecule has 0 aliphatic heterocycles. The second kappa shape index (κ2) is 9.77. The maximum absolute atomic E-state index is 14.9. The van der Waals surface area contributed by atoms with Gasteiger partial charge in [-0.2, -0.15) is 0 Å². The summed E-state index contributed by atoms with van der Waals surface area (Å²) < 4.78 is 11.8. The van der Waals surface area contributed by atoms with Gasteiger partial charge in [0.15, 0.2) is 12.1 Å². The maximum atomic E-state index is 14.9. The molecular formula is C34H34O4. The van der Waals surface area contributed by atoms with Crippen LogP contribution in [-0.4, -0.2) is 23.8 Å². The normalized spacial score (nSPS) is 17.1. The zero-order chi connectivity index (χ0) is 27.2. The van der Waals surface area contributed by atoms with Crippen LogP contribution in [0.2, 0.25) is 0 Å². The number of aryl methyl sites for hydroxylation is 4. The highest BCUT2D eigenvalue weighted by molar-refractivity contribution is 6.16. The van der Waals surface area contributed by atoms with Crippen molar-refractivity contribution in [2.45, 2.75) is 53.2 Å². The van der Waals surface area contributed by atoms with E-state index in [0.717, 1.165) is 55.8 Å². The highest BCUT2D eigenvalue weighted by atomic mass is 16.7. The lowest BCUT2D eigenvalue weighted by Gasteiger charge is -2.40. The Kier molecular flexibility index (Phi) is 6.62. The number of fused-ring (bicyclic) bond motifs is 3. The third-order valence-electron chi connectivity index (χ3n) is 7.64. The van der Waals surface area contributed by atoms with Gasteiger partial charge in [0.1, 0.15) is 16.9 Å². The molecule has 2 atom stereocenters. The van der Waals surface area contributed by atoms with Gasteiger partial charge in [0.05, 0.1) is 0 Å². The van der Waals surface area contributed by atoms with E-state index in [4.69, 9.17) is 9.47 Å². The molecule has 38 heavy (non-hydrogen) atoms. The lowest BCUT2D eigenvalue weighted by atomic mass is 9.59. The molecule has 0 spiro atoms. The van der Waals surface area contributed by atoms with E-state index < -0.39 is 5.41 Å². The first kappa shape index (κ1) is 25.7. The average Bonchev–Trinajstić information content (AvgIpc) is 2.90. The van der Waals surface area contributed by atoms with Crippen molar-refractivity contribution in [1.82, 2.24) is 0 Å².